The Balaban J connectivity index is 1.03. The largest absolute Gasteiger partial charge is 0.379 e. The Morgan fingerprint density at radius 2 is 1.95 bits per heavy atom. The maximum atomic E-state index is 12.9. The highest BCUT2D eigenvalue weighted by Gasteiger charge is 2.44. The summed E-state index contributed by atoms with van der Waals surface area (Å²) in [5, 5.41) is 12.0. The van der Waals surface area contributed by atoms with Crippen LogP contribution in [0.2, 0.25) is 5.02 Å². The molecule has 2 aliphatic carbocycles. The van der Waals surface area contributed by atoms with Gasteiger partial charge in [0.15, 0.2) is 5.65 Å². The van der Waals surface area contributed by atoms with Crippen molar-refractivity contribution in [3.63, 3.8) is 0 Å². The topological polar surface area (TPSA) is 90.7 Å². The lowest BCUT2D eigenvalue weighted by Crippen LogP contribution is -2.44. The van der Waals surface area contributed by atoms with E-state index in [-0.39, 0.29) is 17.7 Å². The number of rotatable bonds is 8. The Kier molecular flexibility index (Phi) is 6.56. The van der Waals surface area contributed by atoms with Gasteiger partial charge in [-0.15, -0.1) is 0 Å². The number of anilines is 3. The van der Waals surface area contributed by atoms with Crippen molar-refractivity contribution in [3.05, 3.63) is 76.8 Å². The van der Waals surface area contributed by atoms with Gasteiger partial charge in [-0.3, -0.25) is 4.79 Å². The molecule has 2 atom stereocenters. The lowest BCUT2D eigenvalue weighted by Gasteiger charge is -2.34. The van der Waals surface area contributed by atoms with Crippen LogP contribution in [-0.4, -0.2) is 63.6 Å². The van der Waals surface area contributed by atoms with E-state index in [4.69, 9.17) is 21.7 Å². The average Bonchev–Trinajstić information content (AvgIpc) is 3.88. The number of pyridine rings is 1. The fraction of sp³-hybridized carbons (Fsp3) is 0.400. The van der Waals surface area contributed by atoms with Crippen molar-refractivity contribution in [2.45, 2.75) is 37.6 Å². The van der Waals surface area contributed by atoms with Gasteiger partial charge < -0.3 is 20.4 Å². The lowest BCUT2D eigenvalue weighted by atomic mass is 10.1. The fourth-order valence-electron chi connectivity index (χ4n) is 5.58. The summed E-state index contributed by atoms with van der Waals surface area (Å²) < 4.78 is 1.96. The number of carbonyl (C=O) groups excluding carboxylic acids is 1. The fourth-order valence-corrected chi connectivity index (χ4v) is 5.78. The molecule has 0 bridgehead atoms. The molecule has 1 aliphatic heterocycles. The zero-order valence-electron chi connectivity index (χ0n) is 22.6. The van der Waals surface area contributed by atoms with Gasteiger partial charge in [0.1, 0.15) is 5.82 Å². The summed E-state index contributed by atoms with van der Waals surface area (Å²) in [6.07, 6.45) is 6.99. The van der Waals surface area contributed by atoms with Crippen LogP contribution in [0, 0.1) is 5.92 Å². The molecule has 1 saturated heterocycles. The SMILES string of the molecule is CN1CCN(c2cc(C3CC3)nn3cc(CNc4ccnc(NC(=O)[C@H]5C[C@@H]5c5cccc(Cl)c5)c4)nc23)CC1. The van der Waals surface area contributed by atoms with E-state index >= 15 is 0 Å². The molecule has 0 radical (unpaired) electrons. The molecule has 0 unspecified atom stereocenters. The molecule has 9 nitrogen and oxygen atoms in total. The summed E-state index contributed by atoms with van der Waals surface area (Å²) in [7, 11) is 2.17. The quantitative estimate of drug-likeness (QED) is 0.323. The molecular weight excluding hydrogens is 524 g/mol. The Labute approximate surface area is 238 Å². The molecule has 3 fully saturated rings. The standard InChI is InChI=1S/C30H33ClN8O/c1-37-9-11-38(12-10-37)27-16-26(19-5-6-19)36-39-18-23(34-29(27)39)17-33-22-7-8-32-28(14-22)35-30(40)25-15-24(25)20-3-2-4-21(31)13-20/h2-4,7-8,13-14,16,18-19,24-25H,5-6,9-12,15,17H2,1H3,(H2,32,33,35,40)/t24-,25+/m1/s1. The first-order chi connectivity index (χ1) is 19.5. The molecule has 10 heteroatoms. The number of amides is 1. The van der Waals surface area contributed by atoms with E-state index in [9.17, 15) is 4.79 Å². The third-order valence-corrected chi connectivity index (χ3v) is 8.44. The Morgan fingerprint density at radius 1 is 1.10 bits per heavy atom. The number of imidazole rings is 1. The number of hydrogen-bond donors (Lipinski definition) is 2. The van der Waals surface area contributed by atoms with Crippen molar-refractivity contribution in [1.29, 1.82) is 0 Å². The highest BCUT2D eigenvalue weighted by atomic mass is 35.5. The van der Waals surface area contributed by atoms with Gasteiger partial charge >= 0.3 is 0 Å². The molecule has 0 spiro atoms. The molecule has 4 aromatic rings. The average molecular weight is 557 g/mol. The molecule has 3 aliphatic rings. The minimum absolute atomic E-state index is 0.0102. The summed E-state index contributed by atoms with van der Waals surface area (Å²) in [6, 6.07) is 13.8. The molecular formula is C30H33ClN8O. The molecule has 7 rings (SSSR count). The number of nitrogens with zero attached hydrogens (tertiary/aromatic N) is 6. The third-order valence-electron chi connectivity index (χ3n) is 8.20. The van der Waals surface area contributed by atoms with E-state index in [1.165, 1.54) is 24.2 Å². The van der Waals surface area contributed by atoms with Crippen LogP contribution in [0.5, 0.6) is 0 Å². The summed E-state index contributed by atoms with van der Waals surface area (Å²) in [5.74, 6) is 1.25. The number of fused-ring (bicyclic) bond motifs is 1. The highest BCUT2D eigenvalue weighted by molar-refractivity contribution is 6.30. The minimum Gasteiger partial charge on any atom is -0.379 e. The Bertz CT molecular complexity index is 1560. The molecule has 1 amide bonds. The van der Waals surface area contributed by atoms with Gasteiger partial charge in [0.25, 0.3) is 0 Å². The third kappa shape index (κ3) is 5.36. The summed E-state index contributed by atoms with van der Waals surface area (Å²) in [5.41, 5.74) is 6.16. The summed E-state index contributed by atoms with van der Waals surface area (Å²) in [6.45, 7) is 4.62. The second-order valence-corrected chi connectivity index (χ2v) is 11.7. The lowest BCUT2D eigenvalue weighted by molar-refractivity contribution is -0.117. The van der Waals surface area contributed by atoms with E-state index in [1.54, 1.807) is 6.20 Å². The van der Waals surface area contributed by atoms with Crippen LogP contribution < -0.4 is 15.5 Å². The molecule has 2 N–H and O–H groups in total. The predicted octanol–water partition coefficient (Wildman–Crippen LogP) is 4.76. The second-order valence-electron chi connectivity index (χ2n) is 11.3. The van der Waals surface area contributed by atoms with Gasteiger partial charge in [-0.25, -0.2) is 14.5 Å². The number of nitrogens with one attached hydrogen (secondary N) is 2. The van der Waals surface area contributed by atoms with Gasteiger partial charge in [-0.2, -0.15) is 5.10 Å². The normalized spacial score (nSPS) is 21.0. The van der Waals surface area contributed by atoms with Crippen LogP contribution in [0.15, 0.2) is 54.9 Å². The van der Waals surface area contributed by atoms with Crippen LogP contribution >= 0.6 is 11.6 Å². The molecule has 206 valence electrons. The van der Waals surface area contributed by atoms with Crippen molar-refractivity contribution in [3.8, 4) is 0 Å². The molecule has 4 heterocycles. The van der Waals surface area contributed by atoms with Crippen LogP contribution in [0.1, 0.15) is 48.0 Å². The van der Waals surface area contributed by atoms with Crippen molar-refractivity contribution in [2.24, 2.45) is 5.92 Å². The van der Waals surface area contributed by atoms with Gasteiger partial charge in [-0.05, 0) is 62.1 Å². The van der Waals surface area contributed by atoms with Crippen molar-refractivity contribution in [1.82, 2.24) is 24.5 Å². The second kappa shape index (κ2) is 10.4. The summed E-state index contributed by atoms with van der Waals surface area (Å²) >= 11 is 6.13. The first-order valence-corrected chi connectivity index (χ1v) is 14.5. The number of likely N-dealkylation sites (N-methyl/N-ethyl adjacent to an activating group) is 1. The molecule has 3 aromatic heterocycles. The number of benzene rings is 1. The van der Waals surface area contributed by atoms with Crippen LogP contribution in [0.4, 0.5) is 17.2 Å². The maximum absolute atomic E-state index is 12.9. The summed E-state index contributed by atoms with van der Waals surface area (Å²) in [4.78, 5) is 27.0. The Morgan fingerprint density at radius 3 is 2.75 bits per heavy atom. The molecule has 2 saturated carbocycles. The van der Waals surface area contributed by atoms with E-state index in [1.807, 2.05) is 47.1 Å². The zero-order valence-corrected chi connectivity index (χ0v) is 23.3. The van der Waals surface area contributed by atoms with Crippen molar-refractivity contribution < 1.29 is 4.79 Å². The smallest absolute Gasteiger partial charge is 0.229 e. The van der Waals surface area contributed by atoms with E-state index < -0.39 is 0 Å². The number of piperazine rings is 1. The minimum atomic E-state index is -0.0580. The highest BCUT2D eigenvalue weighted by Crippen LogP contribution is 2.48. The number of carbonyl (C=O) groups is 1. The van der Waals surface area contributed by atoms with Crippen molar-refractivity contribution >= 4 is 40.3 Å². The predicted molar refractivity (Wildman–Crippen MR) is 157 cm³/mol. The van der Waals surface area contributed by atoms with E-state index in [2.05, 4.69) is 38.5 Å². The molecule has 40 heavy (non-hydrogen) atoms. The maximum Gasteiger partial charge on any atom is 0.229 e. The first-order valence-electron chi connectivity index (χ1n) is 14.1. The van der Waals surface area contributed by atoms with Crippen LogP contribution in [-0.2, 0) is 11.3 Å². The number of halogens is 1. The zero-order chi connectivity index (χ0) is 27.2. The van der Waals surface area contributed by atoms with Crippen molar-refractivity contribution in [2.75, 3.05) is 48.8 Å². The van der Waals surface area contributed by atoms with Gasteiger partial charge in [-0.1, -0.05) is 23.7 Å². The molecule has 1 aromatic carbocycles. The van der Waals surface area contributed by atoms with Crippen LogP contribution in [0.3, 0.4) is 0 Å². The van der Waals surface area contributed by atoms with Gasteiger partial charge in [0, 0.05) is 61.0 Å². The first kappa shape index (κ1) is 25.3. The van der Waals surface area contributed by atoms with Gasteiger partial charge in [0.05, 0.1) is 29.8 Å². The number of aromatic nitrogens is 4. The van der Waals surface area contributed by atoms with E-state index in [0.717, 1.165) is 55.2 Å². The van der Waals surface area contributed by atoms with Crippen LogP contribution in [0.25, 0.3) is 5.65 Å². The van der Waals surface area contributed by atoms with E-state index in [0.29, 0.717) is 23.3 Å². The van der Waals surface area contributed by atoms with Gasteiger partial charge in [0.2, 0.25) is 5.91 Å². The Hall–Kier alpha value is -3.69. The monoisotopic (exact) mass is 556 g/mol. The number of hydrogen-bond acceptors (Lipinski definition) is 7.